The van der Waals surface area contributed by atoms with Gasteiger partial charge in [0.05, 0.1) is 13.2 Å². The van der Waals surface area contributed by atoms with Crippen molar-refractivity contribution in [2.45, 2.75) is 39.8 Å². The number of carbonyl (C=O) groups is 1. The number of rotatable bonds is 9. The molecule has 3 rings (SSSR count). The molecule has 1 atom stereocenters. The summed E-state index contributed by atoms with van der Waals surface area (Å²) >= 11 is 1.85. The molecular weight excluding hydrogens is 384 g/mol. The molecule has 5 nitrogen and oxygen atoms in total. The topological polar surface area (TPSA) is 50.8 Å². The number of benzene rings is 1. The largest absolute Gasteiger partial charge is 0.490 e. The second-order valence-corrected chi connectivity index (χ2v) is 8.09. The van der Waals surface area contributed by atoms with Crippen LogP contribution in [-0.4, -0.2) is 43.2 Å². The lowest BCUT2D eigenvalue weighted by atomic mass is 10.1. The Kier molecular flexibility index (Phi) is 7.72. The van der Waals surface area contributed by atoms with Gasteiger partial charge < -0.3 is 14.8 Å². The average molecular weight is 415 g/mol. The predicted molar refractivity (Wildman–Crippen MR) is 119 cm³/mol. The van der Waals surface area contributed by atoms with Crippen molar-refractivity contribution >= 4 is 23.3 Å². The highest BCUT2D eigenvalue weighted by molar-refractivity contribution is 7.10. The molecule has 0 spiro atoms. The normalized spacial score (nSPS) is 15.1. The summed E-state index contributed by atoms with van der Waals surface area (Å²) in [6.07, 6.45) is 4.48. The quantitative estimate of drug-likeness (QED) is 0.627. The Labute approximate surface area is 177 Å². The molecule has 2 heterocycles. The summed E-state index contributed by atoms with van der Waals surface area (Å²) in [6.45, 7) is 9.85. The zero-order valence-corrected chi connectivity index (χ0v) is 18.3. The minimum atomic E-state index is -0.0862. The first-order chi connectivity index (χ1) is 14.1. The molecule has 1 unspecified atom stereocenters. The first-order valence-electron chi connectivity index (χ1n) is 10.3. The van der Waals surface area contributed by atoms with Gasteiger partial charge in [0.2, 0.25) is 5.91 Å². The van der Waals surface area contributed by atoms with E-state index in [4.69, 9.17) is 9.47 Å². The molecule has 6 heteroatoms. The van der Waals surface area contributed by atoms with Crippen LogP contribution in [0.5, 0.6) is 11.5 Å². The number of hydrogen-bond acceptors (Lipinski definition) is 5. The van der Waals surface area contributed by atoms with Crippen molar-refractivity contribution in [1.82, 2.24) is 10.2 Å². The van der Waals surface area contributed by atoms with Gasteiger partial charge in [0.25, 0.3) is 0 Å². The number of carbonyl (C=O) groups excluding carboxylic acids is 1. The van der Waals surface area contributed by atoms with E-state index < -0.39 is 0 Å². The molecule has 0 bridgehead atoms. The van der Waals surface area contributed by atoms with Crippen molar-refractivity contribution in [2.24, 2.45) is 0 Å². The van der Waals surface area contributed by atoms with Gasteiger partial charge in [0.1, 0.15) is 0 Å². The van der Waals surface area contributed by atoms with Crippen molar-refractivity contribution in [2.75, 3.05) is 26.3 Å². The van der Waals surface area contributed by atoms with E-state index in [9.17, 15) is 4.79 Å². The summed E-state index contributed by atoms with van der Waals surface area (Å²) in [6, 6.07) is 8.21. The van der Waals surface area contributed by atoms with E-state index in [2.05, 4.69) is 28.6 Å². The van der Waals surface area contributed by atoms with Crippen LogP contribution in [0.4, 0.5) is 0 Å². The Balaban J connectivity index is 1.51. The third kappa shape index (κ3) is 5.84. The van der Waals surface area contributed by atoms with Crippen LogP contribution in [-0.2, 0) is 17.8 Å². The number of nitrogens with one attached hydrogen (secondary N) is 1. The summed E-state index contributed by atoms with van der Waals surface area (Å²) in [4.78, 5) is 16.2. The highest BCUT2D eigenvalue weighted by atomic mass is 32.1. The summed E-state index contributed by atoms with van der Waals surface area (Å²) in [5, 5.41) is 5.19. The number of fused-ring (bicyclic) bond motifs is 1. The first kappa shape index (κ1) is 21.4. The van der Waals surface area contributed by atoms with Crippen LogP contribution in [0.2, 0.25) is 0 Å². The summed E-state index contributed by atoms with van der Waals surface area (Å²) in [7, 11) is 0. The summed E-state index contributed by atoms with van der Waals surface area (Å²) in [5.74, 6) is 1.33. The van der Waals surface area contributed by atoms with Crippen molar-refractivity contribution < 1.29 is 14.3 Å². The Morgan fingerprint density at radius 2 is 2.03 bits per heavy atom. The van der Waals surface area contributed by atoms with Crippen LogP contribution in [0.1, 0.15) is 36.8 Å². The lowest BCUT2D eigenvalue weighted by Gasteiger charge is -2.32. The smallest absolute Gasteiger partial charge is 0.244 e. The van der Waals surface area contributed by atoms with Crippen LogP contribution in [0, 0.1) is 0 Å². The Hall–Kier alpha value is -2.31. The van der Waals surface area contributed by atoms with Gasteiger partial charge in [-0.25, -0.2) is 0 Å². The van der Waals surface area contributed by atoms with Gasteiger partial charge in [-0.05, 0) is 68.0 Å². The molecule has 1 aliphatic rings. The van der Waals surface area contributed by atoms with Crippen molar-refractivity contribution in [3.05, 3.63) is 51.7 Å². The molecular formula is C23H30N2O3S. The zero-order valence-electron chi connectivity index (χ0n) is 17.4. The molecule has 2 aromatic rings. The number of nitrogens with zero attached hydrogens (tertiary/aromatic N) is 1. The highest BCUT2D eigenvalue weighted by Gasteiger charge is 2.21. The van der Waals surface area contributed by atoms with E-state index in [1.165, 1.54) is 10.4 Å². The number of ether oxygens (including phenoxy) is 2. The fraction of sp³-hybridized carbons (Fsp3) is 0.435. The van der Waals surface area contributed by atoms with Crippen LogP contribution < -0.4 is 14.8 Å². The molecule has 0 aliphatic carbocycles. The molecule has 1 aliphatic heterocycles. The molecule has 0 fully saturated rings. The summed E-state index contributed by atoms with van der Waals surface area (Å²) in [5.41, 5.74) is 2.33. The second kappa shape index (κ2) is 10.5. The van der Waals surface area contributed by atoms with Gasteiger partial charge in [-0.2, -0.15) is 0 Å². The van der Waals surface area contributed by atoms with Gasteiger partial charge in [-0.15, -0.1) is 11.3 Å². The van der Waals surface area contributed by atoms with E-state index >= 15 is 0 Å². The third-order valence-corrected chi connectivity index (χ3v) is 6.05. The number of amides is 1. The van der Waals surface area contributed by atoms with Crippen molar-refractivity contribution in [1.29, 1.82) is 0 Å². The lowest BCUT2D eigenvalue weighted by molar-refractivity contribution is -0.116. The maximum Gasteiger partial charge on any atom is 0.244 e. The van der Waals surface area contributed by atoms with E-state index in [-0.39, 0.29) is 5.91 Å². The van der Waals surface area contributed by atoms with Gasteiger partial charge in [0.15, 0.2) is 11.5 Å². The molecule has 0 radical (unpaired) electrons. The van der Waals surface area contributed by atoms with E-state index in [1.54, 1.807) is 12.2 Å². The van der Waals surface area contributed by atoms with Gasteiger partial charge in [-0.1, -0.05) is 6.07 Å². The highest BCUT2D eigenvalue weighted by Crippen LogP contribution is 2.29. The summed E-state index contributed by atoms with van der Waals surface area (Å²) < 4.78 is 11.2. The van der Waals surface area contributed by atoms with Gasteiger partial charge >= 0.3 is 0 Å². The fourth-order valence-corrected chi connectivity index (χ4v) is 4.32. The zero-order chi connectivity index (χ0) is 20.6. The maximum absolute atomic E-state index is 12.3. The molecule has 0 saturated carbocycles. The monoisotopic (exact) mass is 414 g/mol. The molecule has 0 saturated heterocycles. The molecule has 29 heavy (non-hydrogen) atoms. The minimum Gasteiger partial charge on any atom is -0.490 e. The van der Waals surface area contributed by atoms with Gasteiger partial charge in [-0.3, -0.25) is 9.69 Å². The average Bonchev–Trinajstić information content (AvgIpc) is 3.20. The molecule has 1 aromatic heterocycles. The molecule has 156 valence electrons. The number of hydrogen-bond donors (Lipinski definition) is 1. The van der Waals surface area contributed by atoms with Gasteiger partial charge in [0, 0.05) is 36.6 Å². The van der Waals surface area contributed by atoms with Crippen molar-refractivity contribution in [3.8, 4) is 11.5 Å². The molecule has 1 amide bonds. The van der Waals surface area contributed by atoms with E-state index in [0.29, 0.717) is 31.5 Å². The van der Waals surface area contributed by atoms with Crippen LogP contribution >= 0.6 is 11.3 Å². The standard InChI is InChI=1S/C23H30N2O3S/c1-4-27-20-8-6-18(14-21(20)28-5-2)7-9-23(26)24-15-17(3)25-12-10-22-19(16-25)11-13-29-22/h6-9,11,13-14,17H,4-5,10,12,15-16H2,1-3H3,(H,24,26)/b9-7+. The van der Waals surface area contributed by atoms with Crippen LogP contribution in [0.3, 0.4) is 0 Å². The molecule has 1 N–H and O–H groups in total. The SMILES string of the molecule is CCOc1ccc(/C=C/C(=O)NCC(C)N2CCc3sccc3C2)cc1OCC. The van der Waals surface area contributed by atoms with E-state index in [1.807, 2.05) is 43.4 Å². The second-order valence-electron chi connectivity index (χ2n) is 7.09. The minimum absolute atomic E-state index is 0.0862. The third-order valence-electron chi connectivity index (χ3n) is 5.03. The Morgan fingerprint density at radius 3 is 2.83 bits per heavy atom. The fourth-order valence-electron chi connectivity index (χ4n) is 3.43. The lowest BCUT2D eigenvalue weighted by Crippen LogP contribution is -2.43. The Morgan fingerprint density at radius 1 is 1.24 bits per heavy atom. The molecule has 1 aromatic carbocycles. The Bertz CT molecular complexity index is 846. The van der Waals surface area contributed by atoms with Crippen molar-refractivity contribution in [3.63, 3.8) is 0 Å². The van der Waals surface area contributed by atoms with E-state index in [0.717, 1.165) is 30.8 Å². The first-order valence-corrected chi connectivity index (χ1v) is 11.1. The van der Waals surface area contributed by atoms with Crippen LogP contribution in [0.15, 0.2) is 35.7 Å². The predicted octanol–water partition coefficient (Wildman–Crippen LogP) is 4.12. The van der Waals surface area contributed by atoms with Crippen LogP contribution in [0.25, 0.3) is 6.08 Å². The number of thiophene rings is 1. The maximum atomic E-state index is 12.3.